The molecule has 1 unspecified atom stereocenters. The van der Waals surface area contributed by atoms with Crippen molar-refractivity contribution in [1.82, 2.24) is 5.32 Å². The summed E-state index contributed by atoms with van der Waals surface area (Å²) in [4.78, 5) is 23.2. The Kier molecular flexibility index (Phi) is 5.84. The lowest BCUT2D eigenvalue weighted by Gasteiger charge is -2.33. The molecule has 1 amide bonds. The minimum absolute atomic E-state index is 0.121. The number of hydrogen-bond donors (Lipinski definition) is 2. The fourth-order valence-corrected chi connectivity index (χ4v) is 1.85. The third-order valence-electron chi connectivity index (χ3n) is 3.51. The molecular weight excluding hydrogens is 296 g/mol. The van der Waals surface area contributed by atoms with Crippen LogP contribution < -0.4 is 10.1 Å². The van der Waals surface area contributed by atoms with Gasteiger partial charge in [0.05, 0.1) is 12.0 Å². The zero-order chi connectivity index (χ0) is 16.9. The standard InChI is InChI=1S/C15H19F2NO4/c1-9(2)15(3,8-12(19)20)18-13(21)10-5-4-6-11(7-10)22-14(16)17/h4-7,9,14H,8H2,1-3H3,(H,18,21)(H,19,20). The summed E-state index contributed by atoms with van der Waals surface area (Å²) in [7, 11) is 0. The molecular formula is C15H19F2NO4. The highest BCUT2D eigenvalue weighted by molar-refractivity contribution is 5.95. The van der Waals surface area contributed by atoms with Crippen LogP contribution in [0.15, 0.2) is 24.3 Å². The number of carboxylic acids is 1. The van der Waals surface area contributed by atoms with Gasteiger partial charge in [0.15, 0.2) is 0 Å². The number of aliphatic carboxylic acids is 1. The number of benzene rings is 1. The summed E-state index contributed by atoms with van der Waals surface area (Å²) >= 11 is 0. The van der Waals surface area contributed by atoms with Gasteiger partial charge in [0, 0.05) is 5.56 Å². The Morgan fingerprint density at radius 3 is 2.50 bits per heavy atom. The Labute approximate surface area is 127 Å². The Morgan fingerprint density at radius 2 is 2.00 bits per heavy atom. The van der Waals surface area contributed by atoms with Gasteiger partial charge in [-0.25, -0.2) is 0 Å². The molecule has 0 fully saturated rings. The molecule has 0 aliphatic heterocycles. The molecule has 0 saturated carbocycles. The molecule has 0 aliphatic carbocycles. The third kappa shape index (κ3) is 4.98. The number of rotatable bonds is 7. The lowest BCUT2D eigenvalue weighted by Crippen LogP contribution is -2.51. The van der Waals surface area contributed by atoms with Crippen LogP contribution in [0.1, 0.15) is 37.6 Å². The first-order chi connectivity index (χ1) is 10.1. The second-order valence-corrected chi connectivity index (χ2v) is 5.50. The topological polar surface area (TPSA) is 75.6 Å². The highest BCUT2D eigenvalue weighted by atomic mass is 19.3. The first-order valence-electron chi connectivity index (χ1n) is 6.73. The van der Waals surface area contributed by atoms with Crippen LogP contribution in [0, 0.1) is 5.92 Å². The van der Waals surface area contributed by atoms with Gasteiger partial charge in [-0.15, -0.1) is 0 Å². The Hall–Kier alpha value is -2.18. The summed E-state index contributed by atoms with van der Waals surface area (Å²) in [5.41, 5.74) is -0.835. The van der Waals surface area contributed by atoms with Crippen molar-refractivity contribution in [3.8, 4) is 5.75 Å². The van der Waals surface area contributed by atoms with E-state index in [2.05, 4.69) is 10.1 Å². The van der Waals surface area contributed by atoms with Crippen molar-refractivity contribution >= 4 is 11.9 Å². The van der Waals surface area contributed by atoms with Crippen molar-refractivity contribution in [2.45, 2.75) is 39.3 Å². The van der Waals surface area contributed by atoms with Gasteiger partial charge in [-0.05, 0) is 31.0 Å². The Balaban J connectivity index is 2.93. The summed E-state index contributed by atoms with van der Waals surface area (Å²) in [5, 5.41) is 11.6. The predicted octanol–water partition coefficient (Wildman–Crippen LogP) is 2.91. The molecule has 1 aromatic rings. The Bertz CT molecular complexity index is 548. The van der Waals surface area contributed by atoms with E-state index in [0.29, 0.717) is 0 Å². The van der Waals surface area contributed by atoms with Gasteiger partial charge in [-0.1, -0.05) is 19.9 Å². The highest BCUT2D eigenvalue weighted by Crippen LogP contribution is 2.22. The fraction of sp³-hybridized carbons (Fsp3) is 0.467. The molecule has 0 radical (unpaired) electrons. The average Bonchev–Trinajstić information content (AvgIpc) is 2.36. The monoisotopic (exact) mass is 315 g/mol. The highest BCUT2D eigenvalue weighted by Gasteiger charge is 2.33. The molecule has 22 heavy (non-hydrogen) atoms. The van der Waals surface area contributed by atoms with Gasteiger partial charge in [-0.3, -0.25) is 9.59 Å². The second kappa shape index (κ2) is 7.20. The zero-order valence-electron chi connectivity index (χ0n) is 12.6. The molecule has 122 valence electrons. The number of amides is 1. The van der Waals surface area contributed by atoms with Crippen LogP contribution in [0.3, 0.4) is 0 Å². The number of hydrogen-bond acceptors (Lipinski definition) is 3. The van der Waals surface area contributed by atoms with Crippen LogP contribution in [0.4, 0.5) is 8.78 Å². The van der Waals surface area contributed by atoms with Gasteiger partial charge in [-0.2, -0.15) is 8.78 Å². The van der Waals surface area contributed by atoms with Gasteiger partial charge in [0.1, 0.15) is 5.75 Å². The van der Waals surface area contributed by atoms with Gasteiger partial charge < -0.3 is 15.2 Å². The lowest BCUT2D eigenvalue weighted by molar-refractivity contribution is -0.138. The number of halogens is 2. The summed E-state index contributed by atoms with van der Waals surface area (Å²) in [6, 6.07) is 5.34. The molecule has 0 heterocycles. The summed E-state index contributed by atoms with van der Waals surface area (Å²) in [5.74, 6) is -1.84. The number of alkyl halides is 2. The molecule has 0 spiro atoms. The van der Waals surface area contributed by atoms with E-state index in [9.17, 15) is 18.4 Å². The lowest BCUT2D eigenvalue weighted by atomic mass is 9.85. The summed E-state index contributed by atoms with van der Waals surface area (Å²) in [6.45, 7) is 2.23. The maximum Gasteiger partial charge on any atom is 0.387 e. The number of carbonyl (C=O) groups is 2. The van der Waals surface area contributed by atoms with E-state index in [1.165, 1.54) is 24.3 Å². The smallest absolute Gasteiger partial charge is 0.387 e. The Morgan fingerprint density at radius 1 is 1.36 bits per heavy atom. The van der Waals surface area contributed by atoms with Crippen molar-refractivity contribution < 1.29 is 28.2 Å². The van der Waals surface area contributed by atoms with Gasteiger partial charge in [0.2, 0.25) is 0 Å². The molecule has 1 rings (SSSR count). The van der Waals surface area contributed by atoms with Gasteiger partial charge >= 0.3 is 12.6 Å². The number of carboxylic acid groups (broad SMARTS) is 1. The third-order valence-corrected chi connectivity index (χ3v) is 3.51. The van der Waals surface area contributed by atoms with E-state index in [1.807, 2.05) is 0 Å². The zero-order valence-corrected chi connectivity index (χ0v) is 12.6. The maximum absolute atomic E-state index is 12.2. The molecule has 0 saturated heterocycles. The summed E-state index contributed by atoms with van der Waals surface area (Å²) in [6.07, 6.45) is -0.246. The van der Waals surface area contributed by atoms with E-state index in [0.717, 1.165) is 0 Å². The van der Waals surface area contributed by atoms with Crippen molar-refractivity contribution in [2.75, 3.05) is 0 Å². The quantitative estimate of drug-likeness (QED) is 0.811. The normalized spacial score (nSPS) is 13.8. The maximum atomic E-state index is 12.2. The van der Waals surface area contributed by atoms with Crippen LogP contribution in [0.25, 0.3) is 0 Å². The number of ether oxygens (including phenoxy) is 1. The average molecular weight is 315 g/mol. The van der Waals surface area contributed by atoms with Crippen LogP contribution >= 0.6 is 0 Å². The molecule has 2 N–H and O–H groups in total. The van der Waals surface area contributed by atoms with Crippen LogP contribution in [0.2, 0.25) is 0 Å². The van der Waals surface area contributed by atoms with E-state index in [1.54, 1.807) is 20.8 Å². The predicted molar refractivity (Wildman–Crippen MR) is 76.0 cm³/mol. The SMILES string of the molecule is CC(C)C(C)(CC(=O)O)NC(=O)c1cccc(OC(F)F)c1. The number of nitrogens with one attached hydrogen (secondary N) is 1. The van der Waals surface area contributed by atoms with E-state index < -0.39 is 24.0 Å². The van der Waals surface area contributed by atoms with Crippen molar-refractivity contribution in [2.24, 2.45) is 5.92 Å². The molecule has 1 atom stereocenters. The molecule has 0 bridgehead atoms. The second-order valence-electron chi connectivity index (χ2n) is 5.50. The van der Waals surface area contributed by atoms with Crippen molar-refractivity contribution in [3.05, 3.63) is 29.8 Å². The van der Waals surface area contributed by atoms with Crippen LogP contribution in [0.5, 0.6) is 5.75 Å². The van der Waals surface area contributed by atoms with E-state index in [4.69, 9.17) is 5.11 Å². The summed E-state index contributed by atoms with van der Waals surface area (Å²) < 4.78 is 28.6. The molecule has 0 aliphatic rings. The molecule has 0 aromatic heterocycles. The molecule has 1 aromatic carbocycles. The first-order valence-corrected chi connectivity index (χ1v) is 6.73. The van der Waals surface area contributed by atoms with Gasteiger partial charge in [0.25, 0.3) is 5.91 Å². The number of carbonyl (C=O) groups excluding carboxylic acids is 1. The van der Waals surface area contributed by atoms with Crippen molar-refractivity contribution in [1.29, 1.82) is 0 Å². The first kappa shape index (κ1) is 17.9. The molecule has 5 nitrogen and oxygen atoms in total. The minimum atomic E-state index is -2.98. The van der Waals surface area contributed by atoms with Crippen molar-refractivity contribution in [3.63, 3.8) is 0 Å². The molecule has 7 heteroatoms. The minimum Gasteiger partial charge on any atom is -0.481 e. The van der Waals surface area contributed by atoms with Crippen LogP contribution in [-0.4, -0.2) is 29.1 Å². The van der Waals surface area contributed by atoms with E-state index >= 15 is 0 Å². The van der Waals surface area contributed by atoms with Crippen LogP contribution in [-0.2, 0) is 4.79 Å². The fourth-order valence-electron chi connectivity index (χ4n) is 1.85. The largest absolute Gasteiger partial charge is 0.481 e. The van der Waals surface area contributed by atoms with E-state index in [-0.39, 0.29) is 23.7 Å².